The molecular weight excluding hydrogens is 330 g/mol. The lowest BCUT2D eigenvalue weighted by molar-refractivity contribution is -0.137. The second-order valence-corrected chi connectivity index (χ2v) is 6.09. The van der Waals surface area contributed by atoms with Crippen LogP contribution in [0.2, 0.25) is 0 Å². The molecular formula is C21H21NO4. The Morgan fingerprint density at radius 2 is 1.73 bits per heavy atom. The number of carbonyl (C=O) groups is 2. The van der Waals surface area contributed by atoms with Crippen molar-refractivity contribution in [1.29, 1.82) is 0 Å². The molecule has 1 aliphatic heterocycles. The smallest absolute Gasteiger partial charge is 0.335 e. The maximum atomic E-state index is 12.7. The van der Waals surface area contributed by atoms with E-state index >= 15 is 0 Å². The van der Waals surface area contributed by atoms with E-state index in [2.05, 4.69) is 0 Å². The van der Waals surface area contributed by atoms with Crippen LogP contribution in [0.3, 0.4) is 0 Å². The normalized spacial score (nSPS) is 14.4. The number of esters is 1. The molecule has 0 spiro atoms. The maximum Gasteiger partial charge on any atom is 0.335 e. The van der Waals surface area contributed by atoms with Crippen molar-refractivity contribution in [3.8, 4) is 5.75 Å². The van der Waals surface area contributed by atoms with Gasteiger partial charge in [0.25, 0.3) is 0 Å². The molecule has 1 amide bonds. The zero-order valence-electron chi connectivity index (χ0n) is 14.9. The standard InChI is InChI=1S/C21H21NO4/c1-25-17-10-8-16(9-11-17)18-12-20(23)22(14-19(18)21(24)26-2)13-15-6-4-3-5-7-15/h3-11H,12-14H2,1-2H3. The minimum Gasteiger partial charge on any atom is -0.497 e. The van der Waals surface area contributed by atoms with Gasteiger partial charge >= 0.3 is 5.97 Å². The SMILES string of the molecule is COC(=O)C1=C(c2ccc(OC)cc2)CC(=O)N(Cc2ccccc2)C1. The summed E-state index contributed by atoms with van der Waals surface area (Å²) in [4.78, 5) is 26.7. The van der Waals surface area contributed by atoms with E-state index in [4.69, 9.17) is 9.47 Å². The Balaban J connectivity index is 1.92. The quantitative estimate of drug-likeness (QED) is 0.777. The predicted molar refractivity (Wildman–Crippen MR) is 98.4 cm³/mol. The van der Waals surface area contributed by atoms with E-state index in [1.54, 1.807) is 12.0 Å². The average molecular weight is 351 g/mol. The lowest BCUT2D eigenvalue weighted by Crippen LogP contribution is -2.38. The molecule has 2 aromatic rings. The minimum absolute atomic E-state index is 0.00711. The summed E-state index contributed by atoms with van der Waals surface area (Å²) in [5.74, 6) is 0.315. The lowest BCUT2D eigenvalue weighted by atomic mass is 9.92. The van der Waals surface area contributed by atoms with Gasteiger partial charge in [0, 0.05) is 6.54 Å². The zero-order valence-corrected chi connectivity index (χ0v) is 14.9. The van der Waals surface area contributed by atoms with Gasteiger partial charge in [-0.1, -0.05) is 42.5 Å². The van der Waals surface area contributed by atoms with Gasteiger partial charge in [0.1, 0.15) is 5.75 Å². The summed E-state index contributed by atoms with van der Waals surface area (Å²) in [6.45, 7) is 0.706. The third-order valence-corrected chi connectivity index (χ3v) is 4.48. The Kier molecular flexibility index (Phi) is 5.37. The molecule has 0 saturated carbocycles. The summed E-state index contributed by atoms with van der Waals surface area (Å²) in [6, 6.07) is 17.1. The summed E-state index contributed by atoms with van der Waals surface area (Å²) >= 11 is 0. The molecule has 0 aromatic heterocycles. The van der Waals surface area contributed by atoms with E-state index in [0.717, 1.165) is 16.9 Å². The van der Waals surface area contributed by atoms with Crippen molar-refractivity contribution in [3.05, 3.63) is 71.3 Å². The molecule has 1 aliphatic rings. The fourth-order valence-electron chi connectivity index (χ4n) is 3.07. The number of amides is 1. The van der Waals surface area contributed by atoms with Gasteiger partial charge in [0.2, 0.25) is 5.91 Å². The molecule has 0 bridgehead atoms. The van der Waals surface area contributed by atoms with Crippen molar-refractivity contribution in [3.63, 3.8) is 0 Å². The van der Waals surface area contributed by atoms with Gasteiger partial charge in [-0.2, -0.15) is 0 Å². The Bertz CT molecular complexity index is 825. The number of methoxy groups -OCH3 is 2. The van der Waals surface area contributed by atoms with Gasteiger partial charge < -0.3 is 14.4 Å². The summed E-state index contributed by atoms with van der Waals surface area (Å²) < 4.78 is 10.1. The first-order chi connectivity index (χ1) is 12.6. The van der Waals surface area contributed by atoms with Crippen LogP contribution in [-0.2, 0) is 20.9 Å². The summed E-state index contributed by atoms with van der Waals surface area (Å²) in [6.07, 6.45) is 0.170. The second kappa shape index (κ2) is 7.87. The van der Waals surface area contributed by atoms with E-state index in [0.29, 0.717) is 17.7 Å². The van der Waals surface area contributed by atoms with E-state index in [1.165, 1.54) is 7.11 Å². The van der Waals surface area contributed by atoms with Crippen LogP contribution in [-0.4, -0.2) is 37.5 Å². The molecule has 0 N–H and O–H groups in total. The first kappa shape index (κ1) is 17.7. The van der Waals surface area contributed by atoms with Gasteiger partial charge in [-0.3, -0.25) is 4.79 Å². The van der Waals surface area contributed by atoms with Crippen LogP contribution >= 0.6 is 0 Å². The van der Waals surface area contributed by atoms with Gasteiger partial charge in [-0.15, -0.1) is 0 Å². The van der Waals surface area contributed by atoms with Crippen LogP contribution in [0.5, 0.6) is 5.75 Å². The summed E-state index contributed by atoms with van der Waals surface area (Å²) in [5, 5.41) is 0. The van der Waals surface area contributed by atoms with E-state index < -0.39 is 5.97 Å². The Labute approximate surface area is 152 Å². The molecule has 0 saturated heterocycles. The van der Waals surface area contributed by atoms with Crippen LogP contribution in [0.1, 0.15) is 17.5 Å². The summed E-state index contributed by atoms with van der Waals surface area (Å²) in [5.41, 5.74) is 3.10. The van der Waals surface area contributed by atoms with Crippen LogP contribution < -0.4 is 4.74 Å². The maximum absolute atomic E-state index is 12.7. The lowest BCUT2D eigenvalue weighted by Gasteiger charge is -2.30. The topological polar surface area (TPSA) is 55.8 Å². The molecule has 0 unspecified atom stereocenters. The molecule has 0 aliphatic carbocycles. The number of hydrogen-bond acceptors (Lipinski definition) is 4. The number of carbonyl (C=O) groups excluding carboxylic acids is 2. The minimum atomic E-state index is -0.402. The van der Waals surface area contributed by atoms with Crippen molar-refractivity contribution in [1.82, 2.24) is 4.90 Å². The third-order valence-electron chi connectivity index (χ3n) is 4.48. The van der Waals surface area contributed by atoms with Gasteiger partial charge in [-0.25, -0.2) is 4.79 Å². The monoisotopic (exact) mass is 351 g/mol. The molecule has 0 fully saturated rings. The molecule has 3 rings (SSSR count). The van der Waals surface area contributed by atoms with Crippen molar-refractivity contribution < 1.29 is 19.1 Å². The van der Waals surface area contributed by atoms with Gasteiger partial charge in [0.05, 0.1) is 32.8 Å². The molecule has 2 aromatic carbocycles. The highest BCUT2D eigenvalue weighted by Crippen LogP contribution is 2.30. The van der Waals surface area contributed by atoms with Crippen molar-refractivity contribution in [2.24, 2.45) is 0 Å². The van der Waals surface area contributed by atoms with Crippen molar-refractivity contribution >= 4 is 17.4 Å². The third kappa shape index (κ3) is 3.77. The second-order valence-electron chi connectivity index (χ2n) is 6.09. The number of ether oxygens (including phenoxy) is 2. The Hall–Kier alpha value is -3.08. The van der Waals surface area contributed by atoms with Crippen LogP contribution in [0, 0.1) is 0 Å². The van der Waals surface area contributed by atoms with Crippen LogP contribution in [0.4, 0.5) is 0 Å². The number of hydrogen-bond donors (Lipinski definition) is 0. The van der Waals surface area contributed by atoms with Crippen LogP contribution in [0.25, 0.3) is 5.57 Å². The largest absolute Gasteiger partial charge is 0.497 e. The highest BCUT2D eigenvalue weighted by molar-refractivity contribution is 6.04. The molecule has 5 nitrogen and oxygen atoms in total. The van der Waals surface area contributed by atoms with E-state index in [-0.39, 0.29) is 18.9 Å². The first-order valence-corrected chi connectivity index (χ1v) is 8.39. The molecule has 134 valence electrons. The van der Waals surface area contributed by atoms with Gasteiger partial charge in [0.15, 0.2) is 0 Å². The summed E-state index contributed by atoms with van der Waals surface area (Å²) in [7, 11) is 2.96. The number of benzene rings is 2. The first-order valence-electron chi connectivity index (χ1n) is 8.39. The zero-order chi connectivity index (χ0) is 18.5. The Morgan fingerprint density at radius 1 is 1.04 bits per heavy atom. The van der Waals surface area contributed by atoms with E-state index in [9.17, 15) is 9.59 Å². The van der Waals surface area contributed by atoms with E-state index in [1.807, 2.05) is 54.6 Å². The van der Waals surface area contributed by atoms with Crippen LogP contribution in [0.15, 0.2) is 60.2 Å². The molecule has 5 heteroatoms. The highest BCUT2D eigenvalue weighted by atomic mass is 16.5. The fraction of sp³-hybridized carbons (Fsp3) is 0.238. The van der Waals surface area contributed by atoms with Gasteiger partial charge in [-0.05, 0) is 28.8 Å². The number of rotatable bonds is 5. The molecule has 26 heavy (non-hydrogen) atoms. The highest BCUT2D eigenvalue weighted by Gasteiger charge is 2.30. The Morgan fingerprint density at radius 3 is 2.35 bits per heavy atom. The average Bonchev–Trinajstić information content (AvgIpc) is 2.69. The molecule has 1 heterocycles. The molecule has 0 radical (unpaired) electrons. The molecule has 0 atom stereocenters. The van der Waals surface area contributed by atoms with Crippen molar-refractivity contribution in [2.75, 3.05) is 20.8 Å². The predicted octanol–water partition coefficient (Wildman–Crippen LogP) is 3.05. The fourth-order valence-corrected chi connectivity index (χ4v) is 3.07. The number of nitrogens with zero attached hydrogens (tertiary/aromatic N) is 1. The van der Waals surface area contributed by atoms with Crippen molar-refractivity contribution in [2.45, 2.75) is 13.0 Å².